The number of amides is 3. The predicted molar refractivity (Wildman–Crippen MR) is 109 cm³/mol. The molecule has 28 heavy (non-hydrogen) atoms. The van der Waals surface area contributed by atoms with Crippen LogP contribution in [0.25, 0.3) is 0 Å². The van der Waals surface area contributed by atoms with E-state index >= 15 is 0 Å². The summed E-state index contributed by atoms with van der Waals surface area (Å²) in [6.07, 6.45) is 5.44. The van der Waals surface area contributed by atoms with Crippen LogP contribution in [-0.2, 0) is 6.54 Å². The number of likely N-dealkylation sites (tertiary alicyclic amines) is 1. The first-order chi connectivity index (χ1) is 13.5. The molecular formula is C22H28N4O2. The molecule has 148 valence electrons. The van der Waals surface area contributed by atoms with E-state index in [4.69, 9.17) is 0 Å². The standard InChI is InChI=1S/C22H28N4O2/c1-16(2)25-22(28)26-11-5-9-20(15-26)18-7-3-8-19(12-18)21(27)24-14-17-6-4-10-23-13-17/h3-4,6-8,10,12-13,16,20H,5,9,11,14-15H2,1-2H3,(H,24,27)(H,25,28)/t20-/m1/s1. The van der Waals surface area contributed by atoms with Crippen molar-refractivity contribution < 1.29 is 9.59 Å². The smallest absolute Gasteiger partial charge is 0.317 e. The molecule has 0 spiro atoms. The summed E-state index contributed by atoms with van der Waals surface area (Å²) in [6, 6.07) is 11.6. The largest absolute Gasteiger partial charge is 0.348 e. The highest BCUT2D eigenvalue weighted by atomic mass is 16.2. The Morgan fingerprint density at radius 2 is 2.11 bits per heavy atom. The normalized spacial score (nSPS) is 16.7. The molecule has 1 aromatic heterocycles. The zero-order valence-electron chi connectivity index (χ0n) is 16.5. The van der Waals surface area contributed by atoms with Crippen LogP contribution in [0, 0.1) is 0 Å². The van der Waals surface area contributed by atoms with Gasteiger partial charge in [0.15, 0.2) is 0 Å². The van der Waals surface area contributed by atoms with Crippen LogP contribution in [-0.4, -0.2) is 41.0 Å². The zero-order chi connectivity index (χ0) is 19.9. The minimum absolute atomic E-state index is 0.00920. The monoisotopic (exact) mass is 380 g/mol. The second-order valence-corrected chi connectivity index (χ2v) is 7.56. The Labute approximate surface area is 166 Å². The molecular weight excluding hydrogens is 352 g/mol. The summed E-state index contributed by atoms with van der Waals surface area (Å²) < 4.78 is 0. The summed E-state index contributed by atoms with van der Waals surface area (Å²) in [5.74, 6) is 0.147. The molecule has 0 radical (unpaired) electrons. The van der Waals surface area contributed by atoms with E-state index in [1.54, 1.807) is 12.4 Å². The number of hydrogen-bond donors (Lipinski definition) is 2. The van der Waals surface area contributed by atoms with Crippen LogP contribution in [0.4, 0.5) is 4.79 Å². The quantitative estimate of drug-likeness (QED) is 0.836. The van der Waals surface area contributed by atoms with E-state index in [9.17, 15) is 9.59 Å². The summed E-state index contributed by atoms with van der Waals surface area (Å²) in [4.78, 5) is 30.8. The number of urea groups is 1. The molecule has 6 heteroatoms. The molecule has 1 saturated heterocycles. The maximum absolute atomic E-state index is 12.5. The molecule has 0 aliphatic carbocycles. The topological polar surface area (TPSA) is 74.3 Å². The van der Waals surface area contributed by atoms with Gasteiger partial charge in [-0.15, -0.1) is 0 Å². The summed E-state index contributed by atoms with van der Waals surface area (Å²) in [5, 5.41) is 5.90. The number of rotatable bonds is 5. The lowest BCUT2D eigenvalue weighted by Gasteiger charge is -2.33. The molecule has 1 fully saturated rings. The van der Waals surface area contributed by atoms with Gasteiger partial charge in [0.25, 0.3) is 5.91 Å². The van der Waals surface area contributed by atoms with Gasteiger partial charge in [-0.05, 0) is 56.0 Å². The van der Waals surface area contributed by atoms with Crippen LogP contribution in [0.5, 0.6) is 0 Å². The summed E-state index contributed by atoms with van der Waals surface area (Å²) in [5.41, 5.74) is 2.72. The number of carbonyl (C=O) groups is 2. The fourth-order valence-electron chi connectivity index (χ4n) is 3.49. The number of hydrogen-bond acceptors (Lipinski definition) is 3. The molecule has 1 aromatic carbocycles. The molecule has 2 N–H and O–H groups in total. The van der Waals surface area contributed by atoms with E-state index in [2.05, 4.69) is 15.6 Å². The van der Waals surface area contributed by atoms with Gasteiger partial charge in [0.1, 0.15) is 0 Å². The lowest BCUT2D eigenvalue weighted by molar-refractivity contribution is 0.0950. The van der Waals surface area contributed by atoms with Crippen molar-refractivity contribution in [1.82, 2.24) is 20.5 Å². The van der Waals surface area contributed by atoms with Gasteiger partial charge in [-0.25, -0.2) is 4.79 Å². The Morgan fingerprint density at radius 1 is 1.25 bits per heavy atom. The van der Waals surface area contributed by atoms with Crippen molar-refractivity contribution in [3.63, 3.8) is 0 Å². The van der Waals surface area contributed by atoms with Gasteiger partial charge in [-0.2, -0.15) is 0 Å². The van der Waals surface area contributed by atoms with Crippen molar-refractivity contribution in [2.24, 2.45) is 0 Å². The number of piperidine rings is 1. The summed E-state index contributed by atoms with van der Waals surface area (Å²) >= 11 is 0. The van der Waals surface area contributed by atoms with Crippen LogP contribution in [0.15, 0.2) is 48.8 Å². The molecule has 6 nitrogen and oxygen atoms in total. The summed E-state index contributed by atoms with van der Waals surface area (Å²) in [7, 11) is 0. The maximum atomic E-state index is 12.5. The van der Waals surface area contributed by atoms with Gasteiger partial charge in [0, 0.05) is 49.6 Å². The third-order valence-electron chi connectivity index (χ3n) is 4.92. The van der Waals surface area contributed by atoms with Crippen molar-refractivity contribution in [1.29, 1.82) is 0 Å². The number of nitrogens with zero attached hydrogens (tertiary/aromatic N) is 2. The Kier molecular flexibility index (Phi) is 6.63. The Bertz CT molecular complexity index is 807. The fraction of sp³-hybridized carbons (Fsp3) is 0.409. The highest BCUT2D eigenvalue weighted by Gasteiger charge is 2.25. The lowest BCUT2D eigenvalue weighted by Crippen LogP contribution is -2.47. The van der Waals surface area contributed by atoms with E-state index < -0.39 is 0 Å². The van der Waals surface area contributed by atoms with Gasteiger partial charge in [-0.3, -0.25) is 9.78 Å². The van der Waals surface area contributed by atoms with Crippen molar-refractivity contribution in [2.45, 2.75) is 45.2 Å². The minimum atomic E-state index is -0.101. The second kappa shape index (κ2) is 9.35. The van der Waals surface area contributed by atoms with Gasteiger partial charge in [0.05, 0.1) is 0 Å². The van der Waals surface area contributed by atoms with E-state index in [0.717, 1.165) is 30.5 Å². The second-order valence-electron chi connectivity index (χ2n) is 7.56. The molecule has 1 aliphatic heterocycles. The summed E-state index contributed by atoms with van der Waals surface area (Å²) in [6.45, 7) is 5.84. The van der Waals surface area contributed by atoms with Gasteiger partial charge >= 0.3 is 6.03 Å². The predicted octanol–water partition coefficient (Wildman–Crippen LogP) is 3.31. The van der Waals surface area contributed by atoms with Crippen molar-refractivity contribution in [3.05, 3.63) is 65.5 Å². The molecule has 2 aromatic rings. The third kappa shape index (κ3) is 5.31. The van der Waals surface area contributed by atoms with Crippen molar-refractivity contribution in [3.8, 4) is 0 Å². The average Bonchev–Trinajstić information content (AvgIpc) is 2.72. The molecule has 1 atom stereocenters. The van der Waals surface area contributed by atoms with E-state index in [-0.39, 0.29) is 23.9 Å². The van der Waals surface area contributed by atoms with Crippen LogP contribution >= 0.6 is 0 Å². The molecule has 0 unspecified atom stereocenters. The average molecular weight is 380 g/mol. The molecule has 1 aliphatic rings. The molecule has 0 saturated carbocycles. The van der Waals surface area contributed by atoms with Crippen LogP contribution in [0.3, 0.4) is 0 Å². The number of carbonyl (C=O) groups excluding carboxylic acids is 2. The van der Waals surface area contributed by atoms with Gasteiger partial charge < -0.3 is 15.5 Å². The zero-order valence-corrected chi connectivity index (χ0v) is 16.5. The highest BCUT2D eigenvalue weighted by molar-refractivity contribution is 5.94. The number of aromatic nitrogens is 1. The van der Waals surface area contributed by atoms with Crippen LogP contribution in [0.1, 0.15) is 54.1 Å². The number of pyridine rings is 1. The molecule has 3 rings (SSSR count). The minimum Gasteiger partial charge on any atom is -0.348 e. The first-order valence-corrected chi connectivity index (χ1v) is 9.85. The van der Waals surface area contributed by atoms with Gasteiger partial charge in [-0.1, -0.05) is 18.2 Å². The van der Waals surface area contributed by atoms with Crippen molar-refractivity contribution >= 4 is 11.9 Å². The van der Waals surface area contributed by atoms with Gasteiger partial charge in [0.2, 0.25) is 0 Å². The van der Waals surface area contributed by atoms with E-state index in [1.165, 1.54) is 0 Å². The Hall–Kier alpha value is -2.89. The van der Waals surface area contributed by atoms with Crippen LogP contribution < -0.4 is 10.6 Å². The van der Waals surface area contributed by atoms with E-state index in [1.807, 2.05) is 55.1 Å². The molecule has 3 amide bonds. The number of benzene rings is 1. The SMILES string of the molecule is CC(C)NC(=O)N1CCC[C@@H](c2cccc(C(=O)NCc3cccnc3)c2)C1. The first-order valence-electron chi connectivity index (χ1n) is 9.85. The first kappa shape index (κ1) is 19.9. The third-order valence-corrected chi connectivity index (χ3v) is 4.92. The lowest BCUT2D eigenvalue weighted by atomic mass is 9.89. The fourth-order valence-corrected chi connectivity index (χ4v) is 3.49. The number of nitrogens with one attached hydrogen (secondary N) is 2. The molecule has 0 bridgehead atoms. The van der Waals surface area contributed by atoms with Crippen molar-refractivity contribution in [2.75, 3.05) is 13.1 Å². The Balaban J connectivity index is 1.63. The van der Waals surface area contributed by atoms with E-state index in [0.29, 0.717) is 18.7 Å². The van der Waals surface area contributed by atoms with Crippen LogP contribution in [0.2, 0.25) is 0 Å². The maximum Gasteiger partial charge on any atom is 0.317 e. The highest BCUT2D eigenvalue weighted by Crippen LogP contribution is 2.27. The molecule has 2 heterocycles. The Morgan fingerprint density at radius 3 is 2.86 bits per heavy atom.